The van der Waals surface area contributed by atoms with Gasteiger partial charge in [0.05, 0.1) is 6.61 Å². The van der Waals surface area contributed by atoms with Gasteiger partial charge < -0.3 is 14.4 Å². The van der Waals surface area contributed by atoms with Crippen molar-refractivity contribution in [2.75, 3.05) is 26.2 Å². The average Bonchev–Trinajstić information content (AvgIpc) is 2.79. The predicted octanol–water partition coefficient (Wildman–Crippen LogP) is 4.64. The van der Waals surface area contributed by atoms with E-state index in [1.807, 2.05) is 35.2 Å². The largest absolute Gasteiger partial charge is 0.490 e. The molecule has 0 unspecified atom stereocenters. The molecule has 1 aromatic heterocycles. The van der Waals surface area contributed by atoms with Gasteiger partial charge in [0.15, 0.2) is 11.5 Å². The molecule has 0 spiro atoms. The fraction of sp³-hybridized carbons (Fsp3) is 0.520. The quantitative estimate of drug-likeness (QED) is 0.669. The Morgan fingerprint density at radius 3 is 2.55 bits per heavy atom. The smallest absolute Gasteiger partial charge is 0.223 e. The zero-order chi connectivity index (χ0) is 21.5. The van der Waals surface area contributed by atoms with Crippen LogP contribution in [0.25, 0.3) is 0 Å². The van der Waals surface area contributed by atoms with Crippen molar-refractivity contribution in [3.63, 3.8) is 0 Å². The number of nitrogens with zero attached hydrogens (tertiary/aromatic N) is 3. The molecule has 1 fully saturated rings. The van der Waals surface area contributed by atoms with Crippen molar-refractivity contribution in [1.29, 1.82) is 0 Å². The van der Waals surface area contributed by atoms with Gasteiger partial charge in [0.25, 0.3) is 0 Å². The second-order valence-electron chi connectivity index (χ2n) is 8.49. The van der Waals surface area contributed by atoms with Gasteiger partial charge in [-0.05, 0) is 50.4 Å². The SMILES string of the molecule is CC(=O)N1CCC(N2CCCCCCOc3ccccc3Oc3ncccc3C2)CC1. The lowest BCUT2D eigenvalue weighted by atomic mass is 10.0. The maximum atomic E-state index is 11.7. The second-order valence-corrected chi connectivity index (χ2v) is 8.49. The van der Waals surface area contributed by atoms with Crippen molar-refractivity contribution < 1.29 is 14.3 Å². The molecule has 6 heteroatoms. The number of rotatable bonds is 1. The zero-order valence-corrected chi connectivity index (χ0v) is 18.5. The number of fused-ring (bicyclic) bond motifs is 2. The molecule has 2 aromatic rings. The van der Waals surface area contributed by atoms with Gasteiger partial charge in [-0.15, -0.1) is 0 Å². The predicted molar refractivity (Wildman–Crippen MR) is 120 cm³/mol. The van der Waals surface area contributed by atoms with E-state index in [0.717, 1.165) is 63.2 Å². The second kappa shape index (κ2) is 10.6. The number of hydrogen-bond donors (Lipinski definition) is 0. The third-order valence-electron chi connectivity index (χ3n) is 6.30. The first-order valence-electron chi connectivity index (χ1n) is 11.5. The van der Waals surface area contributed by atoms with Crippen LogP contribution in [0.15, 0.2) is 42.6 Å². The number of hydrogen-bond acceptors (Lipinski definition) is 5. The minimum atomic E-state index is 0.184. The molecule has 0 saturated carbocycles. The van der Waals surface area contributed by atoms with E-state index in [1.165, 1.54) is 12.8 Å². The number of benzene rings is 1. The van der Waals surface area contributed by atoms with Crippen LogP contribution in [0.1, 0.15) is 51.0 Å². The Morgan fingerprint density at radius 2 is 1.74 bits per heavy atom. The molecule has 0 bridgehead atoms. The highest BCUT2D eigenvalue weighted by atomic mass is 16.5. The number of pyridine rings is 1. The Balaban J connectivity index is 1.56. The summed E-state index contributed by atoms with van der Waals surface area (Å²) >= 11 is 0. The summed E-state index contributed by atoms with van der Waals surface area (Å²) in [6.07, 6.45) is 8.39. The van der Waals surface area contributed by atoms with Crippen molar-refractivity contribution in [2.24, 2.45) is 0 Å². The van der Waals surface area contributed by atoms with Gasteiger partial charge in [-0.1, -0.05) is 31.0 Å². The first-order valence-corrected chi connectivity index (χ1v) is 11.5. The third-order valence-corrected chi connectivity index (χ3v) is 6.30. The van der Waals surface area contributed by atoms with E-state index in [0.29, 0.717) is 24.3 Å². The summed E-state index contributed by atoms with van der Waals surface area (Å²) in [7, 11) is 0. The highest BCUT2D eigenvalue weighted by Crippen LogP contribution is 2.33. The van der Waals surface area contributed by atoms with Gasteiger partial charge in [-0.2, -0.15) is 0 Å². The Hall–Kier alpha value is -2.60. The van der Waals surface area contributed by atoms with E-state index in [2.05, 4.69) is 16.0 Å². The number of ether oxygens (including phenoxy) is 2. The lowest BCUT2D eigenvalue weighted by Crippen LogP contribution is -2.46. The minimum absolute atomic E-state index is 0.184. The molecule has 1 saturated heterocycles. The van der Waals surface area contributed by atoms with Crippen molar-refractivity contribution in [3.05, 3.63) is 48.2 Å². The van der Waals surface area contributed by atoms with E-state index in [1.54, 1.807) is 13.1 Å². The summed E-state index contributed by atoms with van der Waals surface area (Å²) in [4.78, 5) is 20.8. The molecular formula is C25H33N3O3. The van der Waals surface area contributed by atoms with Gasteiger partial charge in [0.1, 0.15) is 0 Å². The maximum absolute atomic E-state index is 11.7. The maximum Gasteiger partial charge on any atom is 0.223 e. The molecule has 3 heterocycles. The van der Waals surface area contributed by atoms with Gasteiger partial charge in [0.2, 0.25) is 11.8 Å². The lowest BCUT2D eigenvalue weighted by molar-refractivity contribution is -0.130. The molecular weight excluding hydrogens is 390 g/mol. The third kappa shape index (κ3) is 5.76. The molecule has 0 N–H and O–H groups in total. The van der Waals surface area contributed by atoms with Crippen molar-refractivity contribution in [3.8, 4) is 17.4 Å². The Labute approximate surface area is 185 Å². The van der Waals surface area contributed by atoms with Crippen LogP contribution in [0, 0.1) is 0 Å². The monoisotopic (exact) mass is 423 g/mol. The number of carbonyl (C=O) groups is 1. The molecule has 31 heavy (non-hydrogen) atoms. The first kappa shape index (κ1) is 21.6. The van der Waals surface area contributed by atoms with Gasteiger partial charge in [0, 0.05) is 44.4 Å². The normalized spacial score (nSPS) is 19.3. The van der Waals surface area contributed by atoms with Crippen LogP contribution < -0.4 is 9.47 Å². The van der Waals surface area contributed by atoms with Crippen LogP contribution in [-0.4, -0.2) is 53.0 Å². The first-order chi connectivity index (χ1) is 15.2. The topological polar surface area (TPSA) is 54.9 Å². The molecule has 0 radical (unpaired) electrons. The summed E-state index contributed by atoms with van der Waals surface area (Å²) in [6.45, 7) is 5.91. The number of para-hydroxylation sites is 2. The van der Waals surface area contributed by atoms with Crippen LogP contribution in [0.2, 0.25) is 0 Å². The molecule has 4 rings (SSSR count). The van der Waals surface area contributed by atoms with Crippen molar-refractivity contribution in [1.82, 2.24) is 14.8 Å². The van der Waals surface area contributed by atoms with Gasteiger partial charge in [-0.3, -0.25) is 9.69 Å². The summed E-state index contributed by atoms with van der Waals surface area (Å²) in [5.41, 5.74) is 1.09. The number of aromatic nitrogens is 1. The zero-order valence-electron chi connectivity index (χ0n) is 18.5. The van der Waals surface area contributed by atoms with E-state index in [9.17, 15) is 4.79 Å². The van der Waals surface area contributed by atoms with Gasteiger partial charge >= 0.3 is 0 Å². The summed E-state index contributed by atoms with van der Waals surface area (Å²) < 4.78 is 12.3. The van der Waals surface area contributed by atoms with Crippen LogP contribution in [0.3, 0.4) is 0 Å². The van der Waals surface area contributed by atoms with E-state index in [-0.39, 0.29) is 5.91 Å². The number of likely N-dealkylation sites (tertiary alicyclic amines) is 1. The van der Waals surface area contributed by atoms with E-state index >= 15 is 0 Å². The number of carbonyl (C=O) groups excluding carboxylic acids is 1. The van der Waals surface area contributed by atoms with Crippen molar-refractivity contribution >= 4 is 5.91 Å². The summed E-state index contributed by atoms with van der Waals surface area (Å²) in [6, 6.07) is 12.4. The van der Waals surface area contributed by atoms with E-state index < -0.39 is 0 Å². The minimum Gasteiger partial charge on any atom is -0.490 e. The molecule has 166 valence electrons. The van der Waals surface area contributed by atoms with Crippen LogP contribution >= 0.6 is 0 Å². The number of amides is 1. The molecule has 1 amide bonds. The fourth-order valence-corrected chi connectivity index (χ4v) is 4.50. The Morgan fingerprint density at radius 1 is 0.968 bits per heavy atom. The highest BCUT2D eigenvalue weighted by molar-refractivity contribution is 5.73. The Kier molecular flexibility index (Phi) is 7.41. The average molecular weight is 424 g/mol. The summed E-state index contributed by atoms with van der Waals surface area (Å²) in [5, 5.41) is 0. The highest BCUT2D eigenvalue weighted by Gasteiger charge is 2.26. The Bertz CT molecular complexity index is 865. The molecule has 0 atom stereocenters. The van der Waals surface area contributed by atoms with Gasteiger partial charge in [-0.25, -0.2) is 4.98 Å². The molecule has 1 aromatic carbocycles. The molecule has 0 aliphatic carbocycles. The summed E-state index contributed by atoms with van der Waals surface area (Å²) in [5.74, 6) is 2.30. The van der Waals surface area contributed by atoms with Crippen molar-refractivity contribution in [2.45, 2.75) is 58.0 Å². The molecule has 2 aliphatic heterocycles. The fourth-order valence-electron chi connectivity index (χ4n) is 4.50. The van der Waals surface area contributed by atoms with Crippen LogP contribution in [-0.2, 0) is 11.3 Å². The lowest BCUT2D eigenvalue weighted by Gasteiger charge is -2.38. The number of piperidine rings is 1. The standard InChI is InChI=1S/C25H33N3O3/c1-20(29)27-16-12-22(13-17-27)28-15-6-2-3-7-18-30-23-10-4-5-11-24(23)31-25-21(19-28)9-8-14-26-25/h4-5,8-11,14,22H,2-3,6-7,12-13,15-19H2,1H3. The van der Waals surface area contributed by atoms with Crippen LogP contribution in [0.5, 0.6) is 17.4 Å². The van der Waals surface area contributed by atoms with E-state index in [4.69, 9.17) is 9.47 Å². The molecule has 2 aliphatic rings. The molecule has 6 nitrogen and oxygen atoms in total. The van der Waals surface area contributed by atoms with Crippen LogP contribution in [0.4, 0.5) is 0 Å².